The van der Waals surface area contributed by atoms with E-state index in [2.05, 4.69) is 17.6 Å². The zero-order valence-corrected chi connectivity index (χ0v) is 14.7. The number of alkyl carbamates (subject to hydrolysis) is 1. The summed E-state index contributed by atoms with van der Waals surface area (Å²) in [5.41, 5.74) is 0.811. The molecule has 0 fully saturated rings. The van der Waals surface area contributed by atoms with Gasteiger partial charge in [0, 0.05) is 17.6 Å². The molecule has 0 aliphatic rings. The first-order chi connectivity index (χ1) is 10.3. The fraction of sp³-hybridized carbons (Fsp3) is 0.588. The Labute approximate surface area is 138 Å². The van der Waals surface area contributed by atoms with E-state index >= 15 is 0 Å². The first-order valence-electron chi connectivity index (χ1n) is 7.71. The van der Waals surface area contributed by atoms with Crippen molar-refractivity contribution in [2.45, 2.75) is 52.2 Å². The van der Waals surface area contributed by atoms with Gasteiger partial charge in [-0.15, -0.1) is 0 Å². The summed E-state index contributed by atoms with van der Waals surface area (Å²) in [5.74, 6) is 0. The molecule has 0 aliphatic carbocycles. The van der Waals surface area contributed by atoms with Crippen molar-refractivity contribution in [2.24, 2.45) is 0 Å². The molecular weight excluding hydrogens is 300 g/mol. The summed E-state index contributed by atoms with van der Waals surface area (Å²) in [6.07, 6.45) is 1.46. The standard InChI is InChI=1S/C17H27ClN2O2/c1-13(12-14-6-8-15(18)9-7-14)19-10-5-11-20-16(21)22-17(2,3)4/h6-9,13,19H,5,10-12H2,1-4H3,(H,20,21). The van der Waals surface area contributed by atoms with Gasteiger partial charge in [0.25, 0.3) is 0 Å². The number of rotatable bonds is 7. The zero-order valence-electron chi connectivity index (χ0n) is 13.9. The summed E-state index contributed by atoms with van der Waals surface area (Å²) < 4.78 is 5.17. The molecule has 124 valence electrons. The molecule has 0 aromatic heterocycles. The third-order valence-corrected chi connectivity index (χ3v) is 3.22. The van der Waals surface area contributed by atoms with Gasteiger partial charge in [0.2, 0.25) is 0 Å². The highest BCUT2D eigenvalue weighted by atomic mass is 35.5. The summed E-state index contributed by atoms with van der Waals surface area (Å²) in [7, 11) is 0. The molecule has 2 N–H and O–H groups in total. The van der Waals surface area contributed by atoms with E-state index < -0.39 is 5.60 Å². The molecule has 0 saturated carbocycles. The molecule has 1 rings (SSSR count). The molecular formula is C17H27ClN2O2. The normalized spacial score (nSPS) is 12.8. The van der Waals surface area contributed by atoms with Gasteiger partial charge in [0.1, 0.15) is 5.60 Å². The first-order valence-corrected chi connectivity index (χ1v) is 8.09. The lowest BCUT2D eigenvalue weighted by atomic mass is 10.1. The molecule has 0 bridgehead atoms. The molecule has 5 heteroatoms. The van der Waals surface area contributed by atoms with Crippen LogP contribution in [0.3, 0.4) is 0 Å². The molecule has 1 aromatic carbocycles. The highest BCUT2D eigenvalue weighted by molar-refractivity contribution is 6.30. The summed E-state index contributed by atoms with van der Waals surface area (Å²) in [6, 6.07) is 8.29. The average molecular weight is 327 g/mol. The Balaban J connectivity index is 2.11. The Morgan fingerprint density at radius 2 is 1.86 bits per heavy atom. The van der Waals surface area contributed by atoms with Crippen molar-refractivity contribution < 1.29 is 9.53 Å². The van der Waals surface area contributed by atoms with Crippen LogP contribution in [0.15, 0.2) is 24.3 Å². The van der Waals surface area contributed by atoms with Crippen LogP contribution >= 0.6 is 11.6 Å². The maximum atomic E-state index is 11.5. The fourth-order valence-corrected chi connectivity index (χ4v) is 2.11. The van der Waals surface area contributed by atoms with Gasteiger partial charge in [-0.05, 0) is 64.8 Å². The van der Waals surface area contributed by atoms with E-state index in [9.17, 15) is 4.79 Å². The third kappa shape index (κ3) is 8.90. The Morgan fingerprint density at radius 1 is 1.23 bits per heavy atom. The second kappa shape index (κ2) is 9.01. The number of nitrogens with one attached hydrogen (secondary N) is 2. The number of benzene rings is 1. The second-order valence-corrected chi connectivity index (χ2v) is 6.90. The molecule has 0 spiro atoms. The molecule has 1 aromatic rings. The van der Waals surface area contributed by atoms with E-state index in [0.717, 1.165) is 24.4 Å². The molecule has 1 unspecified atom stereocenters. The Morgan fingerprint density at radius 3 is 2.45 bits per heavy atom. The molecule has 4 nitrogen and oxygen atoms in total. The molecule has 0 saturated heterocycles. The topological polar surface area (TPSA) is 50.4 Å². The van der Waals surface area contributed by atoms with E-state index in [1.54, 1.807) is 0 Å². The lowest BCUT2D eigenvalue weighted by Crippen LogP contribution is -2.35. The number of hydrogen-bond donors (Lipinski definition) is 2. The number of carbonyl (C=O) groups excluding carboxylic acids is 1. The van der Waals surface area contributed by atoms with Crippen LogP contribution in [0.1, 0.15) is 39.7 Å². The minimum absolute atomic E-state index is 0.360. The van der Waals surface area contributed by atoms with Gasteiger partial charge in [-0.25, -0.2) is 4.79 Å². The fourth-order valence-electron chi connectivity index (χ4n) is 1.99. The van der Waals surface area contributed by atoms with Gasteiger partial charge < -0.3 is 15.4 Å². The van der Waals surface area contributed by atoms with Gasteiger partial charge in [0.15, 0.2) is 0 Å². The van der Waals surface area contributed by atoms with Crippen molar-refractivity contribution in [3.05, 3.63) is 34.9 Å². The summed E-state index contributed by atoms with van der Waals surface area (Å²) >= 11 is 5.87. The maximum absolute atomic E-state index is 11.5. The molecule has 1 atom stereocenters. The predicted octanol–water partition coefficient (Wildman–Crippen LogP) is 3.78. The molecule has 1 amide bonds. The molecule has 0 heterocycles. The van der Waals surface area contributed by atoms with E-state index in [-0.39, 0.29) is 6.09 Å². The van der Waals surface area contributed by atoms with E-state index in [1.165, 1.54) is 5.56 Å². The lowest BCUT2D eigenvalue weighted by Gasteiger charge is -2.19. The maximum Gasteiger partial charge on any atom is 0.407 e. The van der Waals surface area contributed by atoms with E-state index in [4.69, 9.17) is 16.3 Å². The van der Waals surface area contributed by atoms with Gasteiger partial charge >= 0.3 is 6.09 Å². The van der Waals surface area contributed by atoms with Crippen LogP contribution in [0.5, 0.6) is 0 Å². The number of amides is 1. The highest BCUT2D eigenvalue weighted by Gasteiger charge is 2.15. The van der Waals surface area contributed by atoms with Gasteiger partial charge in [-0.3, -0.25) is 0 Å². The number of hydrogen-bond acceptors (Lipinski definition) is 3. The van der Waals surface area contributed by atoms with E-state index in [1.807, 2.05) is 45.0 Å². The Kier molecular flexibility index (Phi) is 7.69. The Hall–Kier alpha value is -1.26. The predicted molar refractivity (Wildman–Crippen MR) is 91.5 cm³/mol. The zero-order chi connectivity index (χ0) is 16.6. The minimum atomic E-state index is -0.449. The molecule has 0 radical (unpaired) electrons. The highest BCUT2D eigenvalue weighted by Crippen LogP contribution is 2.11. The molecule has 0 aliphatic heterocycles. The van der Waals surface area contributed by atoms with Crippen LogP contribution in [-0.4, -0.2) is 30.8 Å². The van der Waals surface area contributed by atoms with Crippen LogP contribution in [0.4, 0.5) is 4.79 Å². The second-order valence-electron chi connectivity index (χ2n) is 6.47. The Bertz CT molecular complexity index is 455. The third-order valence-electron chi connectivity index (χ3n) is 2.97. The van der Waals surface area contributed by atoms with Crippen LogP contribution in [-0.2, 0) is 11.2 Å². The minimum Gasteiger partial charge on any atom is -0.444 e. The lowest BCUT2D eigenvalue weighted by molar-refractivity contribution is 0.0527. The first kappa shape index (κ1) is 18.8. The number of halogens is 1. The largest absolute Gasteiger partial charge is 0.444 e. The van der Waals surface area contributed by atoms with Gasteiger partial charge in [-0.2, -0.15) is 0 Å². The van der Waals surface area contributed by atoms with Crippen molar-refractivity contribution >= 4 is 17.7 Å². The van der Waals surface area contributed by atoms with Crippen LogP contribution in [0.25, 0.3) is 0 Å². The monoisotopic (exact) mass is 326 g/mol. The molecule has 22 heavy (non-hydrogen) atoms. The van der Waals surface area contributed by atoms with Crippen molar-refractivity contribution in [1.29, 1.82) is 0 Å². The number of carbonyl (C=O) groups is 1. The van der Waals surface area contributed by atoms with E-state index in [0.29, 0.717) is 12.6 Å². The SMILES string of the molecule is CC(Cc1ccc(Cl)cc1)NCCCNC(=O)OC(C)(C)C. The quantitative estimate of drug-likeness (QED) is 0.750. The van der Waals surface area contributed by atoms with Gasteiger partial charge in [0.05, 0.1) is 0 Å². The van der Waals surface area contributed by atoms with Crippen molar-refractivity contribution in [3.63, 3.8) is 0 Å². The summed E-state index contributed by atoms with van der Waals surface area (Å²) in [4.78, 5) is 11.5. The van der Waals surface area contributed by atoms with Crippen molar-refractivity contribution in [3.8, 4) is 0 Å². The van der Waals surface area contributed by atoms with Crippen LogP contribution in [0.2, 0.25) is 5.02 Å². The van der Waals surface area contributed by atoms with Crippen molar-refractivity contribution in [1.82, 2.24) is 10.6 Å². The van der Waals surface area contributed by atoms with Crippen molar-refractivity contribution in [2.75, 3.05) is 13.1 Å². The average Bonchev–Trinajstić information content (AvgIpc) is 2.39. The summed E-state index contributed by atoms with van der Waals surface area (Å²) in [5, 5.41) is 6.96. The van der Waals surface area contributed by atoms with Crippen LogP contribution < -0.4 is 10.6 Å². The smallest absolute Gasteiger partial charge is 0.407 e. The number of ether oxygens (including phenoxy) is 1. The van der Waals surface area contributed by atoms with Crippen LogP contribution in [0, 0.1) is 0 Å². The van der Waals surface area contributed by atoms with Gasteiger partial charge in [-0.1, -0.05) is 23.7 Å². The summed E-state index contributed by atoms with van der Waals surface area (Å²) in [6.45, 7) is 9.17.